The van der Waals surface area contributed by atoms with Gasteiger partial charge in [-0.25, -0.2) is 9.67 Å². The van der Waals surface area contributed by atoms with E-state index in [1.54, 1.807) is 6.33 Å². The van der Waals surface area contributed by atoms with E-state index in [2.05, 4.69) is 60.9 Å². The van der Waals surface area contributed by atoms with Crippen LogP contribution in [0.2, 0.25) is 0 Å². The lowest BCUT2D eigenvalue weighted by Crippen LogP contribution is -2.23. The number of aromatic nitrogens is 7. The zero-order valence-corrected chi connectivity index (χ0v) is 17.7. The first-order chi connectivity index (χ1) is 15.7. The third-order valence-corrected chi connectivity index (χ3v) is 6.13. The normalized spacial score (nSPS) is 17.3. The number of anilines is 1. The number of ether oxygens (including phenoxy) is 1. The average molecular weight is 429 g/mol. The fourth-order valence-electron chi connectivity index (χ4n) is 4.50. The summed E-state index contributed by atoms with van der Waals surface area (Å²) in [5.74, 6) is 0.754. The second-order valence-corrected chi connectivity index (χ2v) is 8.36. The quantitative estimate of drug-likeness (QED) is 0.380. The van der Waals surface area contributed by atoms with Crippen LogP contribution in [0.4, 0.5) is 5.69 Å². The molecule has 2 atom stereocenters. The van der Waals surface area contributed by atoms with Gasteiger partial charge in [-0.2, -0.15) is 0 Å². The number of hydrogen-bond donors (Lipinski definition) is 3. The van der Waals surface area contributed by atoms with Gasteiger partial charge < -0.3 is 20.0 Å². The van der Waals surface area contributed by atoms with Crippen LogP contribution in [-0.2, 0) is 11.3 Å². The van der Waals surface area contributed by atoms with Crippen LogP contribution in [0, 0.1) is 6.92 Å². The maximum Gasteiger partial charge on any atom is 0.178 e. The number of nitrogens with one attached hydrogen (secondary N) is 3. The van der Waals surface area contributed by atoms with Crippen LogP contribution >= 0.6 is 0 Å². The Kier molecular flexibility index (Phi) is 4.61. The van der Waals surface area contributed by atoms with Gasteiger partial charge in [-0.1, -0.05) is 12.1 Å². The number of tetrazole rings is 1. The number of imidazole rings is 1. The lowest BCUT2D eigenvalue weighted by atomic mass is 10.0. The first-order valence-corrected chi connectivity index (χ1v) is 10.9. The van der Waals surface area contributed by atoms with Gasteiger partial charge in [0.1, 0.15) is 6.04 Å². The molecule has 2 aromatic carbocycles. The van der Waals surface area contributed by atoms with Crippen molar-refractivity contribution in [3.8, 4) is 0 Å². The van der Waals surface area contributed by atoms with Crippen molar-refractivity contribution in [2.75, 3.05) is 11.9 Å². The van der Waals surface area contributed by atoms with Crippen LogP contribution < -0.4 is 5.32 Å². The third kappa shape index (κ3) is 3.40. The standard InChI is InChI=1S/C23H24N8O/c1-14-4-6-17-18(11-24-20(17)9-14)22(27-15-5-7-19-21(10-15)26-13-25-19)23-28-29-30-31(23)12-16-3-2-8-32-16/h4-7,9-11,13,16,22,24,27H,2-3,8,12H2,1H3,(H,25,26). The molecular formula is C23H24N8O. The van der Waals surface area contributed by atoms with Gasteiger partial charge in [-0.15, -0.1) is 5.10 Å². The van der Waals surface area contributed by atoms with Gasteiger partial charge in [0, 0.05) is 35.0 Å². The lowest BCUT2D eigenvalue weighted by Gasteiger charge is -2.20. The molecule has 0 bridgehead atoms. The Balaban J connectivity index is 1.43. The molecule has 1 saturated heterocycles. The number of hydrogen-bond acceptors (Lipinski definition) is 6. The van der Waals surface area contributed by atoms with Crippen LogP contribution in [0.1, 0.15) is 35.8 Å². The molecule has 4 heterocycles. The number of nitrogens with zero attached hydrogens (tertiary/aromatic N) is 5. The summed E-state index contributed by atoms with van der Waals surface area (Å²) in [6.07, 6.45) is 5.99. The zero-order chi connectivity index (χ0) is 21.5. The van der Waals surface area contributed by atoms with Crippen molar-refractivity contribution >= 4 is 27.6 Å². The molecule has 162 valence electrons. The number of fused-ring (bicyclic) bond motifs is 2. The summed E-state index contributed by atoms with van der Waals surface area (Å²) < 4.78 is 7.71. The van der Waals surface area contributed by atoms with Crippen molar-refractivity contribution in [2.24, 2.45) is 0 Å². The SMILES string of the molecule is Cc1ccc2c(C(Nc3ccc4[nH]cnc4c3)c3nnnn3CC3CCCO3)c[nH]c2c1. The fraction of sp³-hybridized carbons (Fsp3) is 0.304. The van der Waals surface area contributed by atoms with Crippen LogP contribution in [0.5, 0.6) is 0 Å². The van der Waals surface area contributed by atoms with Crippen LogP contribution in [0.15, 0.2) is 48.9 Å². The molecule has 5 aromatic rings. The molecule has 9 nitrogen and oxygen atoms in total. The monoisotopic (exact) mass is 428 g/mol. The highest BCUT2D eigenvalue weighted by Crippen LogP contribution is 2.32. The predicted octanol–water partition coefficient (Wildman–Crippen LogP) is 3.72. The van der Waals surface area contributed by atoms with Gasteiger partial charge >= 0.3 is 0 Å². The summed E-state index contributed by atoms with van der Waals surface area (Å²) in [5, 5.41) is 17.5. The summed E-state index contributed by atoms with van der Waals surface area (Å²) in [4.78, 5) is 10.9. The van der Waals surface area contributed by atoms with Gasteiger partial charge in [0.05, 0.1) is 30.0 Å². The van der Waals surface area contributed by atoms with Crippen molar-refractivity contribution in [2.45, 2.75) is 38.5 Å². The number of aromatic amines is 2. The summed E-state index contributed by atoms with van der Waals surface area (Å²) in [7, 11) is 0. The van der Waals surface area contributed by atoms with Crippen molar-refractivity contribution < 1.29 is 4.74 Å². The molecule has 0 amide bonds. The first kappa shape index (κ1) is 19.0. The summed E-state index contributed by atoms with van der Waals surface area (Å²) in [5.41, 5.74) is 6.24. The highest BCUT2D eigenvalue weighted by molar-refractivity contribution is 5.85. The van der Waals surface area contributed by atoms with E-state index >= 15 is 0 Å². The highest BCUT2D eigenvalue weighted by Gasteiger charge is 2.26. The van der Waals surface area contributed by atoms with E-state index in [4.69, 9.17) is 4.74 Å². The average Bonchev–Trinajstić information content (AvgIpc) is 3.59. The highest BCUT2D eigenvalue weighted by atomic mass is 16.5. The molecule has 1 aliphatic heterocycles. The van der Waals surface area contributed by atoms with E-state index in [9.17, 15) is 0 Å². The molecule has 6 rings (SSSR count). The van der Waals surface area contributed by atoms with Crippen LogP contribution in [0.3, 0.4) is 0 Å². The molecule has 9 heteroatoms. The van der Waals surface area contributed by atoms with Crippen molar-refractivity contribution in [1.82, 2.24) is 35.2 Å². The topological polar surface area (TPSA) is 109 Å². The van der Waals surface area contributed by atoms with Crippen LogP contribution in [-0.4, -0.2) is 47.9 Å². The number of benzene rings is 2. The molecule has 2 unspecified atom stereocenters. The lowest BCUT2D eigenvalue weighted by molar-refractivity contribution is 0.0925. The summed E-state index contributed by atoms with van der Waals surface area (Å²) in [6.45, 7) is 3.53. The smallest absolute Gasteiger partial charge is 0.178 e. The molecule has 3 aromatic heterocycles. The van der Waals surface area contributed by atoms with E-state index in [0.717, 1.165) is 58.5 Å². The minimum atomic E-state index is -0.251. The molecule has 3 N–H and O–H groups in total. The number of aryl methyl sites for hydroxylation is 1. The van der Waals surface area contributed by atoms with Gasteiger partial charge in [0.2, 0.25) is 0 Å². The number of rotatable bonds is 6. The van der Waals surface area contributed by atoms with E-state index < -0.39 is 0 Å². The second kappa shape index (κ2) is 7.76. The Labute approximate surface area is 184 Å². The minimum Gasteiger partial charge on any atom is -0.376 e. The molecule has 0 saturated carbocycles. The van der Waals surface area contributed by atoms with Crippen molar-refractivity contribution in [1.29, 1.82) is 0 Å². The molecule has 1 aliphatic rings. The van der Waals surface area contributed by atoms with Gasteiger partial charge in [0.15, 0.2) is 5.82 Å². The largest absolute Gasteiger partial charge is 0.376 e. The fourth-order valence-corrected chi connectivity index (χ4v) is 4.50. The predicted molar refractivity (Wildman–Crippen MR) is 121 cm³/mol. The molecular weight excluding hydrogens is 404 g/mol. The van der Waals surface area contributed by atoms with E-state index in [1.165, 1.54) is 5.56 Å². The minimum absolute atomic E-state index is 0.143. The molecule has 0 aliphatic carbocycles. The maximum atomic E-state index is 5.84. The molecule has 1 fully saturated rings. The Morgan fingerprint density at radius 1 is 1.19 bits per heavy atom. The Hall–Kier alpha value is -3.72. The van der Waals surface area contributed by atoms with Gasteiger partial charge in [0.25, 0.3) is 0 Å². The van der Waals surface area contributed by atoms with Gasteiger partial charge in [-0.05, 0) is 60.0 Å². The molecule has 32 heavy (non-hydrogen) atoms. The molecule has 0 radical (unpaired) electrons. The second-order valence-electron chi connectivity index (χ2n) is 8.36. The number of H-pyrrole nitrogens is 2. The summed E-state index contributed by atoms with van der Waals surface area (Å²) >= 11 is 0. The zero-order valence-electron chi connectivity index (χ0n) is 17.7. The van der Waals surface area contributed by atoms with Gasteiger partial charge in [-0.3, -0.25) is 0 Å². The third-order valence-electron chi connectivity index (χ3n) is 6.13. The van der Waals surface area contributed by atoms with E-state index in [0.29, 0.717) is 6.54 Å². The maximum absolute atomic E-state index is 5.84. The van der Waals surface area contributed by atoms with Crippen molar-refractivity contribution in [3.63, 3.8) is 0 Å². The van der Waals surface area contributed by atoms with Crippen molar-refractivity contribution in [3.05, 3.63) is 65.9 Å². The Morgan fingerprint density at radius 2 is 2.16 bits per heavy atom. The summed E-state index contributed by atoms with van der Waals surface area (Å²) in [6, 6.07) is 12.3. The van der Waals surface area contributed by atoms with E-state index in [1.807, 2.05) is 29.1 Å². The Morgan fingerprint density at radius 3 is 3.06 bits per heavy atom. The van der Waals surface area contributed by atoms with E-state index in [-0.39, 0.29) is 12.1 Å². The Bertz CT molecular complexity index is 1380. The molecule has 0 spiro atoms. The van der Waals surface area contributed by atoms with Crippen LogP contribution in [0.25, 0.3) is 21.9 Å². The first-order valence-electron chi connectivity index (χ1n) is 10.9.